The molecule has 1 nitrogen and oxygen atoms in total. The highest BCUT2D eigenvalue weighted by atomic mass is 35.5. The predicted molar refractivity (Wildman–Crippen MR) is 72.7 cm³/mol. The van der Waals surface area contributed by atoms with Crippen LogP contribution in [0.4, 0.5) is 0 Å². The zero-order valence-electron chi connectivity index (χ0n) is 9.83. The van der Waals surface area contributed by atoms with Crippen molar-refractivity contribution in [2.45, 2.75) is 44.6 Å². The summed E-state index contributed by atoms with van der Waals surface area (Å²) in [5.74, 6) is 0.429. The first-order chi connectivity index (χ1) is 8.18. The molecule has 1 aliphatic rings. The van der Waals surface area contributed by atoms with Gasteiger partial charge in [0.1, 0.15) is 0 Å². The second kappa shape index (κ2) is 6.08. The smallest absolute Gasteiger partial charge is 0.0625 e. The van der Waals surface area contributed by atoms with Crippen molar-refractivity contribution in [3.05, 3.63) is 33.8 Å². The van der Waals surface area contributed by atoms with Crippen molar-refractivity contribution in [2.75, 3.05) is 0 Å². The maximum absolute atomic E-state index is 10.2. The summed E-state index contributed by atoms with van der Waals surface area (Å²) in [6.07, 6.45) is 6.39. The summed E-state index contributed by atoms with van der Waals surface area (Å²) < 4.78 is 0. The average molecular weight is 273 g/mol. The van der Waals surface area contributed by atoms with E-state index < -0.39 is 0 Å². The summed E-state index contributed by atoms with van der Waals surface area (Å²) in [5.41, 5.74) is 0.956. The van der Waals surface area contributed by atoms with Crippen LogP contribution >= 0.6 is 23.2 Å². The fourth-order valence-electron chi connectivity index (χ4n) is 2.62. The van der Waals surface area contributed by atoms with Gasteiger partial charge in [-0.1, -0.05) is 54.6 Å². The van der Waals surface area contributed by atoms with Crippen molar-refractivity contribution in [3.8, 4) is 0 Å². The molecular formula is C14H18Cl2O. The lowest BCUT2D eigenvalue weighted by molar-refractivity contribution is 0.0851. The Hall–Kier alpha value is -0.240. The first-order valence-electron chi connectivity index (χ1n) is 6.29. The summed E-state index contributed by atoms with van der Waals surface area (Å²) in [4.78, 5) is 0. The fourth-order valence-corrected chi connectivity index (χ4v) is 3.01. The van der Waals surface area contributed by atoms with E-state index in [0.29, 0.717) is 22.4 Å². The van der Waals surface area contributed by atoms with Crippen molar-refractivity contribution in [2.24, 2.45) is 5.92 Å². The number of hydrogen-bond acceptors (Lipinski definition) is 1. The maximum atomic E-state index is 10.2. The molecule has 2 rings (SSSR count). The largest absolute Gasteiger partial charge is 0.392 e. The SMILES string of the molecule is OC(Cc1cccc(Cl)c1Cl)C1CCCCC1. The first-order valence-corrected chi connectivity index (χ1v) is 7.05. The van der Waals surface area contributed by atoms with E-state index >= 15 is 0 Å². The summed E-state index contributed by atoms with van der Waals surface area (Å²) in [6, 6.07) is 5.61. The Morgan fingerprint density at radius 2 is 1.88 bits per heavy atom. The molecule has 17 heavy (non-hydrogen) atoms. The van der Waals surface area contributed by atoms with Gasteiger partial charge in [0.25, 0.3) is 0 Å². The topological polar surface area (TPSA) is 20.2 Å². The predicted octanol–water partition coefficient (Wildman–Crippen LogP) is 4.48. The van der Waals surface area contributed by atoms with Gasteiger partial charge in [0.05, 0.1) is 16.1 Å². The molecule has 1 aliphatic carbocycles. The van der Waals surface area contributed by atoms with E-state index in [-0.39, 0.29) is 6.10 Å². The van der Waals surface area contributed by atoms with Gasteiger partial charge in [-0.2, -0.15) is 0 Å². The molecule has 0 radical (unpaired) electrons. The second-order valence-electron chi connectivity index (χ2n) is 4.88. The van der Waals surface area contributed by atoms with Crippen LogP contribution in [0.2, 0.25) is 10.0 Å². The molecule has 1 unspecified atom stereocenters. The quantitative estimate of drug-likeness (QED) is 0.861. The van der Waals surface area contributed by atoms with Crippen molar-refractivity contribution in [1.29, 1.82) is 0 Å². The standard InChI is InChI=1S/C14H18Cl2O/c15-12-8-4-7-11(14(12)16)9-13(17)10-5-2-1-3-6-10/h4,7-8,10,13,17H,1-3,5-6,9H2. The van der Waals surface area contributed by atoms with Crippen molar-refractivity contribution in [1.82, 2.24) is 0 Å². The minimum atomic E-state index is -0.286. The van der Waals surface area contributed by atoms with E-state index in [1.54, 1.807) is 6.07 Å². The van der Waals surface area contributed by atoms with Gasteiger partial charge in [0.15, 0.2) is 0 Å². The Morgan fingerprint density at radius 1 is 1.18 bits per heavy atom. The summed E-state index contributed by atoms with van der Waals surface area (Å²) in [5, 5.41) is 11.4. The molecule has 0 amide bonds. The van der Waals surface area contributed by atoms with Gasteiger partial charge in [-0.3, -0.25) is 0 Å². The fraction of sp³-hybridized carbons (Fsp3) is 0.571. The van der Waals surface area contributed by atoms with E-state index in [1.807, 2.05) is 12.1 Å². The first kappa shape index (κ1) is 13.2. The molecular weight excluding hydrogens is 255 g/mol. The highest BCUT2D eigenvalue weighted by Crippen LogP contribution is 2.31. The van der Waals surface area contributed by atoms with Crippen LogP contribution < -0.4 is 0 Å². The lowest BCUT2D eigenvalue weighted by Gasteiger charge is -2.26. The summed E-state index contributed by atoms with van der Waals surface area (Å²) in [6.45, 7) is 0. The Bertz CT molecular complexity index is 372. The van der Waals surface area contributed by atoms with Gasteiger partial charge in [0.2, 0.25) is 0 Å². The third kappa shape index (κ3) is 3.37. The molecule has 1 fully saturated rings. The van der Waals surface area contributed by atoms with E-state index in [2.05, 4.69) is 0 Å². The zero-order chi connectivity index (χ0) is 12.3. The molecule has 1 aromatic rings. The van der Waals surface area contributed by atoms with Gasteiger partial charge in [0, 0.05) is 6.42 Å². The van der Waals surface area contributed by atoms with Crippen LogP contribution in [0.3, 0.4) is 0 Å². The number of aliphatic hydroxyl groups excluding tert-OH is 1. The van der Waals surface area contributed by atoms with E-state index in [1.165, 1.54) is 19.3 Å². The number of benzene rings is 1. The molecule has 0 aromatic heterocycles. The van der Waals surface area contributed by atoms with Gasteiger partial charge < -0.3 is 5.11 Å². The normalized spacial score (nSPS) is 19.2. The Balaban J connectivity index is 2.01. The molecule has 0 spiro atoms. The molecule has 1 saturated carbocycles. The van der Waals surface area contributed by atoms with E-state index in [4.69, 9.17) is 23.2 Å². The van der Waals surface area contributed by atoms with E-state index in [0.717, 1.165) is 18.4 Å². The number of hydrogen-bond donors (Lipinski definition) is 1. The molecule has 3 heteroatoms. The van der Waals surface area contributed by atoms with Crippen LogP contribution in [0.15, 0.2) is 18.2 Å². The highest BCUT2D eigenvalue weighted by molar-refractivity contribution is 6.42. The van der Waals surface area contributed by atoms with Gasteiger partial charge in [-0.25, -0.2) is 0 Å². The number of halogens is 2. The molecule has 0 saturated heterocycles. The average Bonchev–Trinajstić information content (AvgIpc) is 2.36. The Kier molecular flexibility index (Phi) is 4.72. The third-order valence-corrected chi connectivity index (χ3v) is 4.51. The van der Waals surface area contributed by atoms with Gasteiger partial charge >= 0.3 is 0 Å². The highest BCUT2D eigenvalue weighted by Gasteiger charge is 2.22. The lowest BCUT2D eigenvalue weighted by atomic mass is 9.83. The Morgan fingerprint density at radius 3 is 2.59 bits per heavy atom. The zero-order valence-corrected chi connectivity index (χ0v) is 11.3. The molecule has 0 bridgehead atoms. The van der Waals surface area contributed by atoms with Crippen molar-refractivity contribution in [3.63, 3.8) is 0 Å². The maximum Gasteiger partial charge on any atom is 0.0625 e. The molecule has 94 valence electrons. The van der Waals surface area contributed by atoms with E-state index in [9.17, 15) is 5.11 Å². The lowest BCUT2D eigenvalue weighted by Crippen LogP contribution is -2.25. The number of rotatable bonds is 3. The van der Waals surface area contributed by atoms with Crippen LogP contribution in [0.25, 0.3) is 0 Å². The van der Waals surface area contributed by atoms with Gasteiger partial charge in [-0.15, -0.1) is 0 Å². The minimum absolute atomic E-state index is 0.286. The molecule has 0 aliphatic heterocycles. The van der Waals surface area contributed by atoms with Crippen LogP contribution in [0, 0.1) is 5.92 Å². The molecule has 1 N–H and O–H groups in total. The van der Waals surface area contributed by atoms with Crippen LogP contribution in [-0.2, 0) is 6.42 Å². The molecule has 0 heterocycles. The van der Waals surface area contributed by atoms with Crippen molar-refractivity contribution < 1.29 is 5.11 Å². The van der Waals surface area contributed by atoms with Crippen LogP contribution in [-0.4, -0.2) is 11.2 Å². The Labute approximate surface area is 113 Å². The second-order valence-corrected chi connectivity index (χ2v) is 5.67. The minimum Gasteiger partial charge on any atom is -0.392 e. The monoisotopic (exact) mass is 272 g/mol. The van der Waals surface area contributed by atoms with Crippen LogP contribution in [0.1, 0.15) is 37.7 Å². The molecule has 1 aromatic carbocycles. The van der Waals surface area contributed by atoms with Gasteiger partial charge in [-0.05, 0) is 30.4 Å². The van der Waals surface area contributed by atoms with Crippen molar-refractivity contribution >= 4 is 23.2 Å². The summed E-state index contributed by atoms with van der Waals surface area (Å²) in [7, 11) is 0. The number of aliphatic hydroxyl groups is 1. The molecule has 1 atom stereocenters. The third-order valence-electron chi connectivity index (χ3n) is 3.65. The summed E-state index contributed by atoms with van der Waals surface area (Å²) >= 11 is 12.1. The van der Waals surface area contributed by atoms with Crippen LogP contribution in [0.5, 0.6) is 0 Å².